The summed E-state index contributed by atoms with van der Waals surface area (Å²) in [5, 5.41) is 0. The third-order valence-electron chi connectivity index (χ3n) is 2.89. The Morgan fingerprint density at radius 1 is 1.06 bits per heavy atom. The second-order valence-corrected chi connectivity index (χ2v) is 4.12. The zero-order valence-corrected chi connectivity index (χ0v) is 9.83. The van der Waals surface area contributed by atoms with Gasteiger partial charge in [-0.15, -0.1) is 0 Å². The first-order valence-corrected chi connectivity index (χ1v) is 5.45. The first-order chi connectivity index (χ1) is 8.13. The van der Waals surface area contributed by atoms with Crippen molar-refractivity contribution in [3.8, 4) is 11.1 Å². The van der Waals surface area contributed by atoms with Crippen molar-refractivity contribution in [1.29, 1.82) is 0 Å². The van der Waals surface area contributed by atoms with E-state index in [4.69, 9.17) is 0 Å². The number of carbonyl (C=O) groups excluding carboxylic acids is 1. The van der Waals surface area contributed by atoms with Crippen LogP contribution < -0.4 is 0 Å². The van der Waals surface area contributed by atoms with Gasteiger partial charge < -0.3 is 0 Å². The van der Waals surface area contributed by atoms with Crippen molar-refractivity contribution in [3.63, 3.8) is 0 Å². The van der Waals surface area contributed by atoms with Crippen molar-refractivity contribution in [1.82, 2.24) is 0 Å². The van der Waals surface area contributed by atoms with E-state index in [-0.39, 0.29) is 5.82 Å². The number of benzene rings is 2. The average molecular weight is 228 g/mol. The summed E-state index contributed by atoms with van der Waals surface area (Å²) in [6, 6.07) is 10.1. The van der Waals surface area contributed by atoms with Crippen LogP contribution >= 0.6 is 0 Å². The highest BCUT2D eigenvalue weighted by molar-refractivity contribution is 5.89. The van der Waals surface area contributed by atoms with Crippen LogP contribution in [0, 0.1) is 19.7 Å². The molecule has 2 rings (SSSR count). The lowest BCUT2D eigenvalue weighted by Gasteiger charge is -2.12. The Kier molecular flexibility index (Phi) is 3.05. The third-order valence-corrected chi connectivity index (χ3v) is 2.89. The molecule has 2 aromatic rings. The van der Waals surface area contributed by atoms with E-state index in [2.05, 4.69) is 0 Å². The standard InChI is InChI=1S/C15H13FO/c1-10-4-3-5-11(2)15(10)14-8-13(16)7-6-12(14)9-17/h3-9H,1-2H3. The Hall–Kier alpha value is -1.96. The SMILES string of the molecule is Cc1cccc(C)c1-c1cc(F)ccc1C=O. The molecule has 0 saturated heterocycles. The summed E-state index contributed by atoms with van der Waals surface area (Å²) in [6.07, 6.45) is 0.765. The molecule has 0 fully saturated rings. The Morgan fingerprint density at radius 2 is 1.71 bits per heavy atom. The molecular weight excluding hydrogens is 215 g/mol. The molecule has 0 saturated carbocycles. The summed E-state index contributed by atoms with van der Waals surface area (Å²) in [7, 11) is 0. The van der Waals surface area contributed by atoms with Crippen LogP contribution in [0.1, 0.15) is 21.5 Å². The summed E-state index contributed by atoms with van der Waals surface area (Å²) in [5.74, 6) is -0.326. The Labute approximate surface area is 99.9 Å². The van der Waals surface area contributed by atoms with E-state index in [1.165, 1.54) is 18.2 Å². The fourth-order valence-electron chi connectivity index (χ4n) is 2.09. The van der Waals surface area contributed by atoms with Crippen molar-refractivity contribution in [3.05, 3.63) is 58.9 Å². The van der Waals surface area contributed by atoms with E-state index in [0.717, 1.165) is 23.0 Å². The minimum atomic E-state index is -0.326. The van der Waals surface area contributed by atoms with Gasteiger partial charge in [0.2, 0.25) is 0 Å². The van der Waals surface area contributed by atoms with Gasteiger partial charge in [0.25, 0.3) is 0 Å². The van der Waals surface area contributed by atoms with Crippen molar-refractivity contribution >= 4 is 6.29 Å². The molecule has 0 aliphatic heterocycles. The van der Waals surface area contributed by atoms with Gasteiger partial charge in [0.15, 0.2) is 6.29 Å². The van der Waals surface area contributed by atoms with Crippen LogP contribution in [0.5, 0.6) is 0 Å². The van der Waals surface area contributed by atoms with Gasteiger partial charge in [0, 0.05) is 5.56 Å². The van der Waals surface area contributed by atoms with E-state index in [9.17, 15) is 9.18 Å². The highest BCUT2D eigenvalue weighted by atomic mass is 19.1. The minimum absolute atomic E-state index is 0.326. The lowest BCUT2D eigenvalue weighted by molar-refractivity contribution is 0.112. The average Bonchev–Trinajstić information content (AvgIpc) is 2.29. The van der Waals surface area contributed by atoms with Crippen LogP contribution in [0.2, 0.25) is 0 Å². The number of aryl methyl sites for hydroxylation is 2. The molecule has 0 aliphatic carbocycles. The zero-order chi connectivity index (χ0) is 12.4. The second-order valence-electron chi connectivity index (χ2n) is 4.12. The van der Waals surface area contributed by atoms with Crippen LogP contribution in [-0.4, -0.2) is 6.29 Å². The highest BCUT2D eigenvalue weighted by Crippen LogP contribution is 2.29. The Bertz CT molecular complexity index is 553. The van der Waals surface area contributed by atoms with Crippen molar-refractivity contribution in [2.75, 3.05) is 0 Å². The summed E-state index contributed by atoms with van der Waals surface area (Å²) in [4.78, 5) is 11.0. The molecule has 86 valence electrons. The van der Waals surface area contributed by atoms with E-state index in [1.54, 1.807) is 0 Å². The number of halogens is 1. The highest BCUT2D eigenvalue weighted by Gasteiger charge is 2.10. The van der Waals surface area contributed by atoms with Gasteiger partial charge in [-0.25, -0.2) is 4.39 Å². The summed E-state index contributed by atoms with van der Waals surface area (Å²) >= 11 is 0. The number of rotatable bonds is 2. The number of aldehydes is 1. The predicted molar refractivity (Wildman–Crippen MR) is 66.7 cm³/mol. The van der Waals surface area contributed by atoms with Crippen molar-refractivity contribution in [2.45, 2.75) is 13.8 Å². The molecule has 2 heteroatoms. The largest absolute Gasteiger partial charge is 0.298 e. The monoisotopic (exact) mass is 228 g/mol. The topological polar surface area (TPSA) is 17.1 Å². The second kappa shape index (κ2) is 4.50. The smallest absolute Gasteiger partial charge is 0.150 e. The molecule has 0 aromatic heterocycles. The van der Waals surface area contributed by atoms with Crippen LogP contribution in [0.3, 0.4) is 0 Å². The molecule has 0 unspecified atom stereocenters. The minimum Gasteiger partial charge on any atom is -0.298 e. The molecule has 0 spiro atoms. The molecular formula is C15H13FO. The Balaban J connectivity index is 2.75. The van der Waals surface area contributed by atoms with Crippen LogP contribution in [0.25, 0.3) is 11.1 Å². The van der Waals surface area contributed by atoms with Gasteiger partial charge in [-0.05, 0) is 54.3 Å². The maximum absolute atomic E-state index is 13.3. The van der Waals surface area contributed by atoms with E-state index in [1.807, 2.05) is 32.0 Å². The van der Waals surface area contributed by atoms with Gasteiger partial charge in [0.1, 0.15) is 5.82 Å². The quantitative estimate of drug-likeness (QED) is 0.712. The summed E-state index contributed by atoms with van der Waals surface area (Å²) in [5.41, 5.74) is 4.20. The predicted octanol–water partition coefficient (Wildman–Crippen LogP) is 3.92. The fraction of sp³-hybridized carbons (Fsp3) is 0.133. The number of hydrogen-bond donors (Lipinski definition) is 0. The third kappa shape index (κ3) is 2.11. The van der Waals surface area contributed by atoms with E-state index in [0.29, 0.717) is 11.1 Å². The van der Waals surface area contributed by atoms with Gasteiger partial charge in [-0.1, -0.05) is 18.2 Å². The molecule has 0 atom stereocenters. The van der Waals surface area contributed by atoms with Gasteiger partial charge in [-0.3, -0.25) is 4.79 Å². The van der Waals surface area contributed by atoms with E-state index < -0.39 is 0 Å². The molecule has 1 nitrogen and oxygen atoms in total. The van der Waals surface area contributed by atoms with Gasteiger partial charge in [0.05, 0.1) is 0 Å². The van der Waals surface area contributed by atoms with Gasteiger partial charge in [-0.2, -0.15) is 0 Å². The molecule has 0 heterocycles. The van der Waals surface area contributed by atoms with Crippen molar-refractivity contribution in [2.24, 2.45) is 0 Å². The first-order valence-electron chi connectivity index (χ1n) is 5.45. The summed E-state index contributed by atoms with van der Waals surface area (Å²) in [6.45, 7) is 3.92. The Morgan fingerprint density at radius 3 is 2.29 bits per heavy atom. The maximum atomic E-state index is 13.3. The van der Waals surface area contributed by atoms with Gasteiger partial charge >= 0.3 is 0 Å². The van der Waals surface area contributed by atoms with Crippen LogP contribution in [-0.2, 0) is 0 Å². The normalized spacial score (nSPS) is 10.3. The number of carbonyl (C=O) groups is 1. The molecule has 0 bridgehead atoms. The zero-order valence-electron chi connectivity index (χ0n) is 9.83. The lowest BCUT2D eigenvalue weighted by Crippen LogP contribution is -1.94. The molecule has 0 radical (unpaired) electrons. The van der Waals surface area contributed by atoms with Crippen LogP contribution in [0.4, 0.5) is 4.39 Å². The molecule has 17 heavy (non-hydrogen) atoms. The van der Waals surface area contributed by atoms with Crippen LogP contribution in [0.15, 0.2) is 36.4 Å². The van der Waals surface area contributed by atoms with E-state index >= 15 is 0 Å². The molecule has 0 N–H and O–H groups in total. The summed E-state index contributed by atoms with van der Waals surface area (Å²) < 4.78 is 13.3. The lowest BCUT2D eigenvalue weighted by atomic mass is 9.92. The molecule has 0 aliphatic rings. The molecule has 2 aromatic carbocycles. The molecule has 0 amide bonds. The van der Waals surface area contributed by atoms with Crippen molar-refractivity contribution < 1.29 is 9.18 Å². The first kappa shape index (κ1) is 11.5. The fourth-order valence-corrected chi connectivity index (χ4v) is 2.09. The maximum Gasteiger partial charge on any atom is 0.150 e. The number of hydrogen-bond acceptors (Lipinski definition) is 1.